The van der Waals surface area contributed by atoms with E-state index in [-0.39, 0.29) is 5.91 Å². The third-order valence-corrected chi connectivity index (χ3v) is 3.24. The van der Waals surface area contributed by atoms with Gasteiger partial charge in [-0.25, -0.2) is 4.68 Å². The van der Waals surface area contributed by atoms with Crippen LogP contribution in [-0.4, -0.2) is 21.7 Å². The lowest BCUT2D eigenvalue weighted by molar-refractivity contribution is -0.118. The van der Waals surface area contributed by atoms with Crippen LogP contribution in [0.1, 0.15) is 24.6 Å². The van der Waals surface area contributed by atoms with E-state index in [9.17, 15) is 4.79 Å². The Labute approximate surface area is 118 Å². The van der Waals surface area contributed by atoms with Gasteiger partial charge in [-0.2, -0.15) is 5.10 Å². The number of carbonyl (C=O) groups is 1. The summed E-state index contributed by atoms with van der Waals surface area (Å²) in [6, 6.07) is 9.64. The summed E-state index contributed by atoms with van der Waals surface area (Å²) in [5, 5.41) is 7.54. The summed E-state index contributed by atoms with van der Waals surface area (Å²) >= 11 is 0. The Morgan fingerprint density at radius 2 is 2.00 bits per heavy atom. The highest BCUT2D eigenvalue weighted by Crippen LogP contribution is 2.16. The van der Waals surface area contributed by atoms with Crippen molar-refractivity contribution in [3.63, 3.8) is 0 Å². The number of hydrogen-bond acceptors (Lipinski definition) is 3. The molecule has 0 bridgehead atoms. The summed E-state index contributed by atoms with van der Waals surface area (Å²) < 4.78 is 1.84. The monoisotopic (exact) mass is 272 g/mol. The topological polar surface area (TPSA) is 72.9 Å². The van der Waals surface area contributed by atoms with Gasteiger partial charge in [0.2, 0.25) is 5.91 Å². The minimum Gasteiger partial charge on any atom is -0.368 e. The molecule has 2 aromatic rings. The molecule has 3 N–H and O–H groups in total. The lowest BCUT2D eigenvalue weighted by Crippen LogP contribution is -2.34. The molecule has 0 aliphatic rings. The number of aryl methyl sites for hydroxylation is 2. The summed E-state index contributed by atoms with van der Waals surface area (Å²) in [6.07, 6.45) is 0.631. The van der Waals surface area contributed by atoms with Crippen molar-refractivity contribution >= 4 is 11.7 Å². The maximum absolute atomic E-state index is 11.3. The number of nitrogens with two attached hydrogens (primary N) is 1. The van der Waals surface area contributed by atoms with Gasteiger partial charge >= 0.3 is 0 Å². The van der Waals surface area contributed by atoms with Gasteiger partial charge in [-0.1, -0.05) is 24.6 Å². The summed E-state index contributed by atoms with van der Waals surface area (Å²) in [4.78, 5) is 11.3. The summed E-state index contributed by atoms with van der Waals surface area (Å²) in [5.41, 5.74) is 8.53. The van der Waals surface area contributed by atoms with Gasteiger partial charge in [0.25, 0.3) is 0 Å². The fourth-order valence-corrected chi connectivity index (χ4v) is 2.05. The summed E-state index contributed by atoms with van der Waals surface area (Å²) in [7, 11) is 0. The van der Waals surface area contributed by atoms with Gasteiger partial charge in [0.1, 0.15) is 11.9 Å². The first-order valence-corrected chi connectivity index (χ1v) is 6.71. The van der Waals surface area contributed by atoms with Gasteiger partial charge in [-0.15, -0.1) is 0 Å². The van der Waals surface area contributed by atoms with Crippen LogP contribution < -0.4 is 11.1 Å². The van der Waals surface area contributed by atoms with E-state index < -0.39 is 6.04 Å². The molecule has 0 spiro atoms. The average Bonchev–Trinajstić information content (AvgIpc) is 2.77. The first kappa shape index (κ1) is 14.1. The molecular formula is C15H20N4O. The third-order valence-electron chi connectivity index (χ3n) is 3.24. The zero-order valence-corrected chi connectivity index (χ0v) is 12.1. The zero-order chi connectivity index (χ0) is 14.7. The first-order valence-electron chi connectivity index (χ1n) is 6.71. The van der Waals surface area contributed by atoms with Crippen LogP contribution in [0, 0.1) is 13.8 Å². The molecule has 0 saturated carbocycles. The van der Waals surface area contributed by atoms with Crippen molar-refractivity contribution in [2.45, 2.75) is 33.2 Å². The molecule has 0 fully saturated rings. The SMILES string of the molecule is CCC(Nc1cc(C)n(-c2ccc(C)cc2)n1)C(N)=O. The molecule has 2 rings (SSSR count). The van der Waals surface area contributed by atoms with Crippen LogP contribution in [0.5, 0.6) is 0 Å². The maximum atomic E-state index is 11.3. The normalized spacial score (nSPS) is 12.2. The number of hydrogen-bond donors (Lipinski definition) is 2. The van der Waals surface area contributed by atoms with Crippen LogP contribution in [0.3, 0.4) is 0 Å². The third kappa shape index (κ3) is 2.99. The second kappa shape index (κ2) is 5.77. The van der Waals surface area contributed by atoms with Crippen molar-refractivity contribution in [2.75, 3.05) is 5.32 Å². The minimum atomic E-state index is -0.393. The molecule has 5 heteroatoms. The second-order valence-corrected chi connectivity index (χ2v) is 4.93. The van der Waals surface area contributed by atoms with Crippen LogP contribution >= 0.6 is 0 Å². The Balaban J connectivity index is 2.25. The maximum Gasteiger partial charge on any atom is 0.239 e. The smallest absolute Gasteiger partial charge is 0.239 e. The molecule has 1 unspecified atom stereocenters. The van der Waals surface area contributed by atoms with E-state index in [0.717, 1.165) is 11.4 Å². The molecule has 0 saturated heterocycles. The van der Waals surface area contributed by atoms with Gasteiger partial charge in [0.15, 0.2) is 0 Å². The van der Waals surface area contributed by atoms with Crippen molar-refractivity contribution in [1.29, 1.82) is 0 Å². The molecule has 0 aliphatic carbocycles. The van der Waals surface area contributed by atoms with E-state index in [2.05, 4.69) is 10.4 Å². The molecular weight excluding hydrogens is 252 g/mol. The number of anilines is 1. The van der Waals surface area contributed by atoms with Crippen LogP contribution in [-0.2, 0) is 4.79 Å². The molecule has 1 heterocycles. The zero-order valence-electron chi connectivity index (χ0n) is 12.1. The number of rotatable bonds is 5. The Morgan fingerprint density at radius 3 is 2.55 bits per heavy atom. The Bertz CT molecular complexity index is 601. The van der Waals surface area contributed by atoms with Crippen molar-refractivity contribution < 1.29 is 4.79 Å². The Morgan fingerprint density at radius 1 is 1.35 bits per heavy atom. The van der Waals surface area contributed by atoms with E-state index in [1.54, 1.807) is 0 Å². The predicted octanol–water partition coefficient (Wildman–Crippen LogP) is 2.16. The number of amides is 1. The molecule has 106 valence electrons. The standard InChI is InChI=1S/C15H20N4O/c1-4-13(15(16)20)17-14-9-11(3)19(18-14)12-7-5-10(2)6-8-12/h5-9,13H,4H2,1-3H3,(H2,16,20)(H,17,18). The molecule has 20 heavy (non-hydrogen) atoms. The van der Waals surface area contributed by atoms with E-state index in [0.29, 0.717) is 12.2 Å². The number of nitrogens with zero attached hydrogens (tertiary/aromatic N) is 2. The molecule has 0 aliphatic heterocycles. The number of primary amides is 1. The first-order chi connectivity index (χ1) is 9.51. The van der Waals surface area contributed by atoms with E-state index in [4.69, 9.17) is 5.73 Å². The summed E-state index contributed by atoms with van der Waals surface area (Å²) in [5.74, 6) is 0.295. The quantitative estimate of drug-likeness (QED) is 0.876. The van der Waals surface area contributed by atoms with E-state index in [1.165, 1.54) is 5.56 Å². The van der Waals surface area contributed by atoms with Crippen LogP contribution in [0.4, 0.5) is 5.82 Å². The second-order valence-electron chi connectivity index (χ2n) is 4.93. The molecule has 1 aromatic carbocycles. The highest BCUT2D eigenvalue weighted by molar-refractivity contribution is 5.82. The van der Waals surface area contributed by atoms with Crippen molar-refractivity contribution in [1.82, 2.24) is 9.78 Å². The molecule has 1 amide bonds. The van der Waals surface area contributed by atoms with E-state index in [1.807, 2.05) is 55.8 Å². The predicted molar refractivity (Wildman–Crippen MR) is 79.9 cm³/mol. The lowest BCUT2D eigenvalue weighted by atomic mass is 10.2. The molecule has 1 aromatic heterocycles. The van der Waals surface area contributed by atoms with Crippen LogP contribution in [0.2, 0.25) is 0 Å². The number of benzene rings is 1. The van der Waals surface area contributed by atoms with Crippen molar-refractivity contribution in [3.8, 4) is 5.69 Å². The highest BCUT2D eigenvalue weighted by atomic mass is 16.1. The molecule has 5 nitrogen and oxygen atoms in total. The van der Waals surface area contributed by atoms with Crippen LogP contribution in [0.15, 0.2) is 30.3 Å². The Kier molecular flexibility index (Phi) is 4.08. The minimum absolute atomic E-state index is 0.366. The van der Waals surface area contributed by atoms with Gasteiger partial charge in [0, 0.05) is 11.8 Å². The number of aromatic nitrogens is 2. The van der Waals surface area contributed by atoms with Gasteiger partial charge in [0.05, 0.1) is 5.69 Å². The highest BCUT2D eigenvalue weighted by Gasteiger charge is 2.15. The van der Waals surface area contributed by atoms with Crippen molar-refractivity contribution in [3.05, 3.63) is 41.6 Å². The Hall–Kier alpha value is -2.30. The van der Waals surface area contributed by atoms with Crippen molar-refractivity contribution in [2.24, 2.45) is 5.73 Å². The van der Waals surface area contributed by atoms with Gasteiger partial charge < -0.3 is 11.1 Å². The number of carbonyl (C=O) groups excluding carboxylic acids is 1. The molecule has 1 atom stereocenters. The lowest BCUT2D eigenvalue weighted by Gasteiger charge is -2.11. The van der Waals surface area contributed by atoms with E-state index >= 15 is 0 Å². The molecule has 0 radical (unpaired) electrons. The fraction of sp³-hybridized carbons (Fsp3) is 0.333. The average molecular weight is 272 g/mol. The van der Waals surface area contributed by atoms with Crippen LogP contribution in [0.25, 0.3) is 5.69 Å². The largest absolute Gasteiger partial charge is 0.368 e. The van der Waals surface area contributed by atoms with Gasteiger partial charge in [-0.05, 0) is 32.4 Å². The van der Waals surface area contributed by atoms with Gasteiger partial charge in [-0.3, -0.25) is 4.79 Å². The summed E-state index contributed by atoms with van der Waals surface area (Å²) in [6.45, 7) is 5.93. The fourth-order valence-electron chi connectivity index (χ4n) is 2.05. The number of nitrogens with one attached hydrogen (secondary N) is 1.